The predicted octanol–water partition coefficient (Wildman–Crippen LogP) is 0.297. The van der Waals surface area contributed by atoms with E-state index in [-0.39, 0.29) is 11.8 Å². The standard InChI is InChI=1S/C6H11FN2O/c7-5(6(8)9)4-1-2-10-3-4/h4-5H,1-3H2,(H3,8,9). The lowest BCUT2D eigenvalue weighted by Gasteiger charge is -2.10. The number of nitrogens with one attached hydrogen (secondary N) is 1. The highest BCUT2D eigenvalue weighted by Crippen LogP contribution is 2.18. The van der Waals surface area contributed by atoms with E-state index in [1.807, 2.05) is 0 Å². The van der Waals surface area contributed by atoms with E-state index in [4.69, 9.17) is 15.9 Å². The van der Waals surface area contributed by atoms with Gasteiger partial charge in [-0.1, -0.05) is 0 Å². The minimum absolute atomic E-state index is 0.183. The van der Waals surface area contributed by atoms with Gasteiger partial charge in [-0.2, -0.15) is 0 Å². The third-order valence-electron chi connectivity index (χ3n) is 1.68. The number of hydrogen-bond acceptors (Lipinski definition) is 2. The Morgan fingerprint density at radius 3 is 2.90 bits per heavy atom. The summed E-state index contributed by atoms with van der Waals surface area (Å²) in [6.07, 6.45) is -0.622. The minimum Gasteiger partial charge on any atom is -0.385 e. The first kappa shape index (κ1) is 7.47. The van der Waals surface area contributed by atoms with Crippen molar-refractivity contribution in [3.8, 4) is 0 Å². The summed E-state index contributed by atoms with van der Waals surface area (Å²) in [6, 6.07) is 0. The largest absolute Gasteiger partial charge is 0.385 e. The summed E-state index contributed by atoms with van der Waals surface area (Å²) in [5.41, 5.74) is 4.97. The molecule has 1 aliphatic rings. The van der Waals surface area contributed by atoms with Crippen molar-refractivity contribution >= 4 is 5.84 Å². The molecule has 1 rings (SSSR count). The molecule has 0 radical (unpaired) electrons. The molecule has 10 heavy (non-hydrogen) atoms. The van der Waals surface area contributed by atoms with Gasteiger partial charge in [0, 0.05) is 12.5 Å². The Bertz CT molecular complexity index is 134. The fourth-order valence-corrected chi connectivity index (χ4v) is 1.04. The first-order valence-corrected chi connectivity index (χ1v) is 3.27. The average Bonchev–Trinajstić information content (AvgIpc) is 2.36. The Hall–Kier alpha value is -0.640. The van der Waals surface area contributed by atoms with Crippen molar-refractivity contribution in [2.45, 2.75) is 12.6 Å². The Morgan fingerprint density at radius 1 is 1.80 bits per heavy atom. The number of alkyl halides is 1. The second kappa shape index (κ2) is 2.96. The molecule has 0 saturated carbocycles. The lowest BCUT2D eigenvalue weighted by molar-refractivity contribution is 0.171. The van der Waals surface area contributed by atoms with Crippen molar-refractivity contribution in [3.63, 3.8) is 0 Å². The molecule has 1 aliphatic heterocycles. The molecule has 1 heterocycles. The second-order valence-corrected chi connectivity index (χ2v) is 2.48. The molecule has 0 aromatic heterocycles. The van der Waals surface area contributed by atoms with Gasteiger partial charge >= 0.3 is 0 Å². The first-order chi connectivity index (χ1) is 4.72. The summed E-state index contributed by atoms with van der Waals surface area (Å²) >= 11 is 0. The topological polar surface area (TPSA) is 59.1 Å². The Balaban J connectivity index is 2.39. The van der Waals surface area contributed by atoms with Gasteiger partial charge in [0.15, 0.2) is 6.17 Å². The minimum atomic E-state index is -1.30. The van der Waals surface area contributed by atoms with Gasteiger partial charge < -0.3 is 10.5 Å². The van der Waals surface area contributed by atoms with E-state index in [1.54, 1.807) is 0 Å². The molecular formula is C6H11FN2O. The van der Waals surface area contributed by atoms with Crippen LogP contribution in [0.1, 0.15) is 6.42 Å². The van der Waals surface area contributed by atoms with Crippen molar-refractivity contribution in [3.05, 3.63) is 0 Å². The van der Waals surface area contributed by atoms with Crippen LogP contribution in [-0.4, -0.2) is 25.2 Å². The van der Waals surface area contributed by atoms with E-state index < -0.39 is 6.17 Å². The van der Waals surface area contributed by atoms with Crippen molar-refractivity contribution in [1.29, 1.82) is 5.41 Å². The summed E-state index contributed by atoms with van der Waals surface area (Å²) in [5.74, 6) is -0.562. The summed E-state index contributed by atoms with van der Waals surface area (Å²) in [5, 5.41) is 6.81. The summed E-state index contributed by atoms with van der Waals surface area (Å²) in [4.78, 5) is 0. The molecule has 0 spiro atoms. The van der Waals surface area contributed by atoms with Gasteiger partial charge in [-0.05, 0) is 6.42 Å². The van der Waals surface area contributed by atoms with E-state index in [0.29, 0.717) is 19.6 Å². The zero-order chi connectivity index (χ0) is 7.56. The van der Waals surface area contributed by atoms with Crippen LogP contribution >= 0.6 is 0 Å². The number of nitrogens with two attached hydrogens (primary N) is 1. The number of hydrogen-bond donors (Lipinski definition) is 2. The third kappa shape index (κ3) is 1.44. The summed E-state index contributed by atoms with van der Waals surface area (Å²) < 4.78 is 17.7. The van der Waals surface area contributed by atoms with Gasteiger partial charge in [0.1, 0.15) is 5.84 Å². The SMILES string of the molecule is N=C(N)C(F)C1CCOC1. The highest BCUT2D eigenvalue weighted by molar-refractivity contribution is 5.81. The molecule has 2 atom stereocenters. The Labute approximate surface area is 58.9 Å². The van der Waals surface area contributed by atoms with E-state index >= 15 is 0 Å². The van der Waals surface area contributed by atoms with E-state index in [0.717, 1.165) is 0 Å². The van der Waals surface area contributed by atoms with Crippen LogP contribution in [-0.2, 0) is 4.74 Å². The molecule has 1 fully saturated rings. The fraction of sp³-hybridized carbons (Fsp3) is 0.833. The zero-order valence-electron chi connectivity index (χ0n) is 5.64. The van der Waals surface area contributed by atoms with Gasteiger partial charge in [-0.3, -0.25) is 5.41 Å². The van der Waals surface area contributed by atoms with Crippen LogP contribution in [0.3, 0.4) is 0 Å². The molecule has 0 aromatic rings. The predicted molar refractivity (Wildman–Crippen MR) is 35.7 cm³/mol. The van der Waals surface area contributed by atoms with Gasteiger partial charge in [0.2, 0.25) is 0 Å². The number of rotatable bonds is 2. The first-order valence-electron chi connectivity index (χ1n) is 3.27. The summed E-state index contributed by atoms with van der Waals surface area (Å²) in [7, 11) is 0. The van der Waals surface area contributed by atoms with Crippen molar-refractivity contribution in [2.75, 3.05) is 13.2 Å². The molecule has 0 bridgehead atoms. The molecule has 0 amide bonds. The average molecular weight is 146 g/mol. The van der Waals surface area contributed by atoms with Gasteiger partial charge in [-0.15, -0.1) is 0 Å². The van der Waals surface area contributed by atoms with Crippen LogP contribution in [0.5, 0.6) is 0 Å². The van der Waals surface area contributed by atoms with E-state index in [1.165, 1.54) is 0 Å². The quantitative estimate of drug-likeness (QED) is 0.434. The van der Waals surface area contributed by atoms with Crippen LogP contribution in [0.15, 0.2) is 0 Å². The van der Waals surface area contributed by atoms with Crippen LogP contribution in [0.2, 0.25) is 0 Å². The Morgan fingerprint density at radius 2 is 2.50 bits per heavy atom. The summed E-state index contributed by atoms with van der Waals surface area (Å²) in [6.45, 7) is 0.999. The highest BCUT2D eigenvalue weighted by atomic mass is 19.1. The van der Waals surface area contributed by atoms with E-state index in [9.17, 15) is 4.39 Å². The lowest BCUT2D eigenvalue weighted by atomic mass is 10.0. The molecule has 58 valence electrons. The van der Waals surface area contributed by atoms with Crippen LogP contribution in [0, 0.1) is 11.3 Å². The molecule has 0 aromatic carbocycles. The maximum absolute atomic E-state index is 12.8. The fourth-order valence-electron chi connectivity index (χ4n) is 1.04. The molecule has 0 aliphatic carbocycles. The molecule has 3 N–H and O–H groups in total. The Kier molecular flexibility index (Phi) is 2.21. The maximum atomic E-state index is 12.8. The van der Waals surface area contributed by atoms with Gasteiger partial charge in [0.25, 0.3) is 0 Å². The monoisotopic (exact) mass is 146 g/mol. The molecule has 1 saturated heterocycles. The van der Waals surface area contributed by atoms with Crippen molar-refractivity contribution in [1.82, 2.24) is 0 Å². The zero-order valence-corrected chi connectivity index (χ0v) is 5.64. The number of amidine groups is 1. The number of halogens is 1. The van der Waals surface area contributed by atoms with Crippen molar-refractivity contribution < 1.29 is 9.13 Å². The molecule has 4 heteroatoms. The van der Waals surface area contributed by atoms with Crippen molar-refractivity contribution in [2.24, 2.45) is 11.7 Å². The van der Waals surface area contributed by atoms with Gasteiger partial charge in [0.05, 0.1) is 6.61 Å². The van der Waals surface area contributed by atoms with Gasteiger partial charge in [-0.25, -0.2) is 4.39 Å². The normalized spacial score (nSPS) is 28.3. The molecule has 2 unspecified atom stereocenters. The van der Waals surface area contributed by atoms with Crippen LogP contribution in [0.25, 0.3) is 0 Å². The third-order valence-corrected chi connectivity index (χ3v) is 1.68. The molecular weight excluding hydrogens is 135 g/mol. The maximum Gasteiger partial charge on any atom is 0.161 e. The highest BCUT2D eigenvalue weighted by Gasteiger charge is 2.27. The smallest absolute Gasteiger partial charge is 0.161 e. The number of ether oxygens (including phenoxy) is 1. The van der Waals surface area contributed by atoms with E-state index in [2.05, 4.69) is 0 Å². The lowest BCUT2D eigenvalue weighted by Crippen LogP contribution is -2.31. The van der Waals surface area contributed by atoms with Crippen LogP contribution < -0.4 is 5.73 Å². The van der Waals surface area contributed by atoms with Crippen LogP contribution in [0.4, 0.5) is 4.39 Å². The molecule has 3 nitrogen and oxygen atoms in total. The second-order valence-electron chi connectivity index (χ2n) is 2.48.